The van der Waals surface area contributed by atoms with Gasteiger partial charge in [-0.3, -0.25) is 9.10 Å². The molecule has 0 aliphatic heterocycles. The Hall–Kier alpha value is -3.12. The summed E-state index contributed by atoms with van der Waals surface area (Å²) in [5, 5.41) is 0. The van der Waals surface area contributed by atoms with E-state index in [1.807, 2.05) is 43.3 Å². The minimum absolute atomic E-state index is 0.155. The third kappa shape index (κ3) is 5.56. The highest BCUT2D eigenvalue weighted by molar-refractivity contribution is 7.92. The highest BCUT2D eigenvalue weighted by Crippen LogP contribution is 2.26. The van der Waals surface area contributed by atoms with E-state index in [9.17, 15) is 13.2 Å². The van der Waals surface area contributed by atoms with E-state index >= 15 is 0 Å². The van der Waals surface area contributed by atoms with E-state index in [2.05, 4.69) is 13.8 Å². The van der Waals surface area contributed by atoms with Gasteiger partial charge < -0.3 is 4.90 Å². The maximum Gasteiger partial charge on any atom is 0.264 e. The van der Waals surface area contributed by atoms with Gasteiger partial charge in [0, 0.05) is 13.6 Å². The summed E-state index contributed by atoms with van der Waals surface area (Å²) in [6.07, 6.45) is 0. The fourth-order valence-corrected chi connectivity index (χ4v) is 4.79. The number of nitrogens with zero attached hydrogens (tertiary/aromatic N) is 2. The van der Waals surface area contributed by atoms with Crippen LogP contribution in [0.2, 0.25) is 0 Å². The fraction of sp³-hybridized carbons (Fsp3) is 0.269. The van der Waals surface area contributed by atoms with Crippen LogP contribution in [0, 0.1) is 6.92 Å². The van der Waals surface area contributed by atoms with Crippen LogP contribution in [0.1, 0.15) is 36.5 Å². The lowest BCUT2D eigenvalue weighted by molar-refractivity contribution is -0.128. The molecule has 0 heterocycles. The normalized spacial score (nSPS) is 11.4. The minimum Gasteiger partial charge on any atom is -0.340 e. The molecule has 0 saturated carbocycles. The first-order valence-corrected chi connectivity index (χ1v) is 12.1. The number of amides is 1. The van der Waals surface area contributed by atoms with Gasteiger partial charge in [-0.1, -0.05) is 74.0 Å². The van der Waals surface area contributed by atoms with Crippen LogP contribution in [-0.2, 0) is 21.4 Å². The van der Waals surface area contributed by atoms with E-state index in [0.717, 1.165) is 16.7 Å². The number of aryl methyl sites for hydroxylation is 1. The Morgan fingerprint density at radius 1 is 0.875 bits per heavy atom. The lowest BCUT2D eigenvalue weighted by Crippen LogP contribution is -2.41. The number of sulfonamides is 1. The van der Waals surface area contributed by atoms with Gasteiger partial charge in [-0.2, -0.15) is 0 Å². The second kappa shape index (κ2) is 10.0. The van der Waals surface area contributed by atoms with Gasteiger partial charge in [0.25, 0.3) is 10.0 Å². The topological polar surface area (TPSA) is 57.7 Å². The maximum atomic E-state index is 13.5. The molecule has 0 aliphatic carbocycles. The summed E-state index contributed by atoms with van der Waals surface area (Å²) >= 11 is 0. The number of benzene rings is 3. The Bertz CT molecular complexity index is 1140. The number of hydrogen-bond acceptors (Lipinski definition) is 3. The van der Waals surface area contributed by atoms with E-state index in [1.54, 1.807) is 54.4 Å². The second-order valence-corrected chi connectivity index (χ2v) is 10.2. The Kier molecular flexibility index (Phi) is 7.36. The second-order valence-electron chi connectivity index (χ2n) is 8.31. The molecule has 1 amide bonds. The van der Waals surface area contributed by atoms with Crippen LogP contribution < -0.4 is 4.31 Å². The highest BCUT2D eigenvalue weighted by Gasteiger charge is 2.28. The molecule has 0 fully saturated rings. The molecule has 6 heteroatoms. The third-order valence-corrected chi connectivity index (χ3v) is 7.21. The van der Waals surface area contributed by atoms with Gasteiger partial charge in [0.15, 0.2) is 0 Å². The first kappa shape index (κ1) is 23.5. The summed E-state index contributed by atoms with van der Waals surface area (Å²) in [4.78, 5) is 14.8. The molecule has 0 atom stereocenters. The summed E-state index contributed by atoms with van der Waals surface area (Å²) in [6, 6.07) is 23.5. The van der Waals surface area contributed by atoms with Crippen LogP contribution in [0.5, 0.6) is 0 Å². The van der Waals surface area contributed by atoms with Crippen molar-refractivity contribution in [2.24, 2.45) is 0 Å². The molecule has 32 heavy (non-hydrogen) atoms. The van der Waals surface area contributed by atoms with Gasteiger partial charge in [-0.25, -0.2) is 8.42 Å². The minimum atomic E-state index is -3.91. The van der Waals surface area contributed by atoms with Gasteiger partial charge in [0.2, 0.25) is 5.91 Å². The van der Waals surface area contributed by atoms with Crippen LogP contribution in [0.4, 0.5) is 5.69 Å². The molecule has 0 unspecified atom stereocenters. The Labute approximate surface area is 191 Å². The van der Waals surface area contributed by atoms with Crippen molar-refractivity contribution in [3.05, 3.63) is 95.6 Å². The van der Waals surface area contributed by atoms with Crippen molar-refractivity contribution < 1.29 is 13.2 Å². The molecule has 0 spiro atoms. The number of carbonyl (C=O) groups is 1. The number of carbonyl (C=O) groups excluding carboxylic acids is 1. The molecular weight excluding hydrogens is 420 g/mol. The standard InChI is InChI=1S/C26H30N2O3S/c1-20(2)23-14-16-24(17-15-23)28(32(30,31)25-8-6-5-7-9-25)19-26(29)27(4)18-22-12-10-21(3)11-13-22/h5-17,20H,18-19H2,1-4H3. The Balaban J connectivity index is 1.89. The van der Waals surface area contributed by atoms with Crippen molar-refractivity contribution in [1.29, 1.82) is 0 Å². The Morgan fingerprint density at radius 2 is 1.47 bits per heavy atom. The van der Waals surface area contributed by atoms with Gasteiger partial charge in [0.1, 0.15) is 6.54 Å². The number of anilines is 1. The average molecular weight is 451 g/mol. The SMILES string of the molecule is Cc1ccc(CN(C)C(=O)CN(c2ccc(C(C)C)cc2)S(=O)(=O)c2ccccc2)cc1. The third-order valence-electron chi connectivity index (χ3n) is 5.42. The zero-order valence-electron chi connectivity index (χ0n) is 19.0. The zero-order valence-corrected chi connectivity index (χ0v) is 19.8. The summed E-state index contributed by atoms with van der Waals surface area (Å²) in [7, 11) is -2.22. The average Bonchev–Trinajstić information content (AvgIpc) is 2.79. The van der Waals surface area contributed by atoms with Gasteiger partial charge >= 0.3 is 0 Å². The molecule has 0 N–H and O–H groups in total. The number of likely N-dealkylation sites (N-methyl/N-ethyl adjacent to an activating group) is 1. The fourth-order valence-electron chi connectivity index (χ4n) is 3.36. The largest absolute Gasteiger partial charge is 0.340 e. The van der Waals surface area contributed by atoms with E-state index in [0.29, 0.717) is 18.2 Å². The van der Waals surface area contributed by atoms with E-state index in [1.165, 1.54) is 4.31 Å². The van der Waals surface area contributed by atoms with Crippen molar-refractivity contribution in [1.82, 2.24) is 4.90 Å². The molecule has 0 aliphatic rings. The smallest absolute Gasteiger partial charge is 0.264 e. The molecule has 0 aromatic heterocycles. The van der Waals surface area contributed by atoms with Crippen LogP contribution in [0.3, 0.4) is 0 Å². The van der Waals surface area contributed by atoms with E-state index in [-0.39, 0.29) is 17.3 Å². The van der Waals surface area contributed by atoms with Crippen LogP contribution >= 0.6 is 0 Å². The van der Waals surface area contributed by atoms with Gasteiger partial charge in [-0.05, 0) is 48.2 Å². The van der Waals surface area contributed by atoms with Crippen LogP contribution in [0.25, 0.3) is 0 Å². The van der Waals surface area contributed by atoms with Crippen LogP contribution in [-0.4, -0.2) is 32.8 Å². The zero-order chi connectivity index (χ0) is 23.3. The number of rotatable bonds is 8. The summed E-state index contributed by atoms with van der Waals surface area (Å²) in [5.74, 6) is 0.0449. The first-order chi connectivity index (χ1) is 15.2. The molecule has 3 rings (SSSR count). The monoisotopic (exact) mass is 450 g/mol. The quantitative estimate of drug-likeness (QED) is 0.487. The van der Waals surface area contributed by atoms with Crippen molar-refractivity contribution in [3.63, 3.8) is 0 Å². The Morgan fingerprint density at radius 3 is 2.03 bits per heavy atom. The summed E-state index contributed by atoms with van der Waals surface area (Å²) in [6.45, 7) is 6.30. The lowest BCUT2D eigenvalue weighted by atomic mass is 10.0. The first-order valence-electron chi connectivity index (χ1n) is 10.7. The predicted molar refractivity (Wildman–Crippen MR) is 129 cm³/mol. The molecule has 5 nitrogen and oxygen atoms in total. The molecule has 0 saturated heterocycles. The predicted octanol–water partition coefficient (Wildman–Crippen LogP) is 4.97. The lowest BCUT2D eigenvalue weighted by Gasteiger charge is -2.27. The molecule has 0 radical (unpaired) electrons. The molecule has 168 valence electrons. The number of hydrogen-bond donors (Lipinski definition) is 0. The molecule has 3 aromatic rings. The van der Waals surface area contributed by atoms with Crippen LogP contribution in [0.15, 0.2) is 83.8 Å². The van der Waals surface area contributed by atoms with Crippen molar-refractivity contribution in [2.45, 2.75) is 38.1 Å². The van der Waals surface area contributed by atoms with Crippen molar-refractivity contribution in [2.75, 3.05) is 17.9 Å². The summed E-state index contributed by atoms with van der Waals surface area (Å²) < 4.78 is 28.1. The van der Waals surface area contributed by atoms with Crippen molar-refractivity contribution >= 4 is 21.6 Å². The van der Waals surface area contributed by atoms with Gasteiger partial charge in [0.05, 0.1) is 10.6 Å². The maximum absolute atomic E-state index is 13.5. The van der Waals surface area contributed by atoms with Crippen molar-refractivity contribution in [3.8, 4) is 0 Å². The van der Waals surface area contributed by atoms with Gasteiger partial charge in [-0.15, -0.1) is 0 Å². The molecule has 0 bridgehead atoms. The van der Waals surface area contributed by atoms with E-state index < -0.39 is 10.0 Å². The molecular formula is C26H30N2O3S. The molecule has 3 aromatic carbocycles. The summed E-state index contributed by atoms with van der Waals surface area (Å²) in [5.41, 5.74) is 3.71. The highest BCUT2D eigenvalue weighted by atomic mass is 32.2. The van der Waals surface area contributed by atoms with E-state index in [4.69, 9.17) is 0 Å².